The Balaban J connectivity index is 1.78. The standard InChI is InChI=1S/C24H24N2O4/c1-3-29-24(28)20-6-8-21(9-7-20)26(16-19-12-14-25-15-13-19)23(27)17-30-22-10-4-18(2)5-11-22/h4-15H,3,16-17H2,1-2H3. The molecule has 0 saturated heterocycles. The topological polar surface area (TPSA) is 68.7 Å². The predicted molar refractivity (Wildman–Crippen MR) is 114 cm³/mol. The quantitative estimate of drug-likeness (QED) is 0.527. The first-order valence-electron chi connectivity index (χ1n) is 9.72. The van der Waals surface area contributed by atoms with Crippen LogP contribution in [0.15, 0.2) is 73.1 Å². The first kappa shape index (κ1) is 21.0. The van der Waals surface area contributed by atoms with E-state index in [1.807, 2.05) is 43.3 Å². The van der Waals surface area contributed by atoms with Crippen LogP contribution in [0.1, 0.15) is 28.4 Å². The second kappa shape index (κ2) is 10.2. The third-order valence-corrected chi connectivity index (χ3v) is 4.46. The first-order valence-corrected chi connectivity index (χ1v) is 9.72. The number of hydrogen-bond donors (Lipinski definition) is 0. The predicted octanol–water partition coefficient (Wildman–Crippen LogP) is 4.18. The number of esters is 1. The van der Waals surface area contributed by atoms with Crippen molar-refractivity contribution in [1.82, 2.24) is 4.98 Å². The van der Waals surface area contributed by atoms with E-state index < -0.39 is 5.97 Å². The van der Waals surface area contributed by atoms with Crippen LogP contribution in [0.5, 0.6) is 5.75 Å². The van der Waals surface area contributed by atoms with E-state index in [0.717, 1.165) is 11.1 Å². The number of aromatic nitrogens is 1. The number of benzene rings is 2. The molecule has 0 atom stereocenters. The lowest BCUT2D eigenvalue weighted by Crippen LogP contribution is -2.34. The van der Waals surface area contributed by atoms with Crippen molar-refractivity contribution < 1.29 is 19.1 Å². The van der Waals surface area contributed by atoms with E-state index in [1.165, 1.54) is 0 Å². The smallest absolute Gasteiger partial charge is 0.338 e. The van der Waals surface area contributed by atoms with E-state index >= 15 is 0 Å². The van der Waals surface area contributed by atoms with Crippen molar-refractivity contribution in [3.05, 3.63) is 89.7 Å². The van der Waals surface area contributed by atoms with Gasteiger partial charge in [0.25, 0.3) is 5.91 Å². The highest BCUT2D eigenvalue weighted by atomic mass is 16.5. The highest BCUT2D eigenvalue weighted by molar-refractivity contribution is 5.95. The van der Waals surface area contributed by atoms with Gasteiger partial charge in [0.2, 0.25) is 0 Å². The zero-order chi connectivity index (χ0) is 21.3. The van der Waals surface area contributed by atoms with Gasteiger partial charge in [-0.25, -0.2) is 4.79 Å². The lowest BCUT2D eigenvalue weighted by atomic mass is 10.1. The van der Waals surface area contributed by atoms with Crippen LogP contribution in [-0.4, -0.2) is 30.1 Å². The number of rotatable bonds is 8. The first-order chi connectivity index (χ1) is 14.6. The summed E-state index contributed by atoms with van der Waals surface area (Å²) in [5, 5.41) is 0. The van der Waals surface area contributed by atoms with Gasteiger partial charge < -0.3 is 14.4 Å². The monoisotopic (exact) mass is 404 g/mol. The molecule has 0 saturated carbocycles. The van der Waals surface area contributed by atoms with Crippen LogP contribution in [0, 0.1) is 6.92 Å². The van der Waals surface area contributed by atoms with E-state index in [1.54, 1.807) is 48.5 Å². The van der Waals surface area contributed by atoms with Gasteiger partial charge in [0.05, 0.1) is 18.7 Å². The van der Waals surface area contributed by atoms with Crippen LogP contribution in [0.3, 0.4) is 0 Å². The second-order valence-electron chi connectivity index (χ2n) is 6.70. The van der Waals surface area contributed by atoms with Crippen LogP contribution < -0.4 is 9.64 Å². The molecule has 2 aromatic carbocycles. The Morgan fingerprint density at radius 1 is 0.933 bits per heavy atom. The van der Waals surface area contributed by atoms with Gasteiger partial charge in [0.1, 0.15) is 5.75 Å². The van der Waals surface area contributed by atoms with Crippen LogP contribution in [0.2, 0.25) is 0 Å². The number of hydrogen-bond acceptors (Lipinski definition) is 5. The Morgan fingerprint density at radius 2 is 1.60 bits per heavy atom. The number of amides is 1. The molecule has 0 spiro atoms. The number of aryl methyl sites for hydroxylation is 1. The van der Waals surface area contributed by atoms with Gasteiger partial charge in [-0.2, -0.15) is 0 Å². The number of carbonyl (C=O) groups excluding carboxylic acids is 2. The number of carbonyl (C=O) groups is 2. The zero-order valence-corrected chi connectivity index (χ0v) is 17.1. The molecule has 1 amide bonds. The third-order valence-electron chi connectivity index (χ3n) is 4.46. The summed E-state index contributed by atoms with van der Waals surface area (Å²) >= 11 is 0. The summed E-state index contributed by atoms with van der Waals surface area (Å²) in [5.74, 6) is 0.0468. The van der Waals surface area contributed by atoms with Crippen molar-refractivity contribution in [2.24, 2.45) is 0 Å². The summed E-state index contributed by atoms with van der Waals surface area (Å²) < 4.78 is 10.7. The number of pyridine rings is 1. The Labute approximate surface area is 176 Å². The molecule has 1 heterocycles. The Morgan fingerprint density at radius 3 is 2.23 bits per heavy atom. The van der Waals surface area contributed by atoms with E-state index in [0.29, 0.717) is 30.2 Å². The van der Waals surface area contributed by atoms with Gasteiger partial charge in [-0.1, -0.05) is 17.7 Å². The summed E-state index contributed by atoms with van der Waals surface area (Å²) in [6.45, 7) is 4.31. The lowest BCUT2D eigenvalue weighted by Gasteiger charge is -2.23. The van der Waals surface area contributed by atoms with E-state index in [2.05, 4.69) is 4.98 Å². The molecule has 0 aliphatic heterocycles. The van der Waals surface area contributed by atoms with Crippen molar-refractivity contribution in [3.8, 4) is 5.75 Å². The highest BCUT2D eigenvalue weighted by Gasteiger charge is 2.18. The molecule has 0 bridgehead atoms. The van der Waals surface area contributed by atoms with Gasteiger partial charge in [0.15, 0.2) is 6.61 Å². The maximum atomic E-state index is 13.0. The summed E-state index contributed by atoms with van der Waals surface area (Å²) in [5.41, 5.74) is 3.16. The van der Waals surface area contributed by atoms with Gasteiger partial charge in [-0.3, -0.25) is 9.78 Å². The number of nitrogens with zero attached hydrogens (tertiary/aromatic N) is 2. The van der Waals surface area contributed by atoms with Crippen molar-refractivity contribution in [2.45, 2.75) is 20.4 Å². The molecule has 3 rings (SSSR count). The molecule has 154 valence electrons. The molecule has 6 nitrogen and oxygen atoms in total. The second-order valence-corrected chi connectivity index (χ2v) is 6.70. The minimum absolute atomic E-state index is 0.103. The maximum absolute atomic E-state index is 13.0. The normalized spacial score (nSPS) is 10.3. The average molecular weight is 404 g/mol. The van der Waals surface area contributed by atoms with Crippen LogP contribution in [0.25, 0.3) is 0 Å². The molecule has 0 aliphatic rings. The van der Waals surface area contributed by atoms with E-state index in [9.17, 15) is 9.59 Å². The van der Waals surface area contributed by atoms with Crippen molar-refractivity contribution in [2.75, 3.05) is 18.1 Å². The minimum Gasteiger partial charge on any atom is -0.484 e. The molecule has 30 heavy (non-hydrogen) atoms. The Bertz CT molecular complexity index is 970. The molecular formula is C24H24N2O4. The van der Waals surface area contributed by atoms with E-state index in [4.69, 9.17) is 9.47 Å². The van der Waals surface area contributed by atoms with Crippen molar-refractivity contribution >= 4 is 17.6 Å². The zero-order valence-electron chi connectivity index (χ0n) is 17.1. The number of ether oxygens (including phenoxy) is 2. The molecule has 6 heteroatoms. The summed E-state index contributed by atoms with van der Waals surface area (Å²) in [7, 11) is 0. The molecule has 0 aliphatic carbocycles. The SMILES string of the molecule is CCOC(=O)c1ccc(N(Cc2ccncc2)C(=O)COc2ccc(C)cc2)cc1. The highest BCUT2D eigenvalue weighted by Crippen LogP contribution is 2.20. The van der Waals surface area contributed by atoms with Crippen molar-refractivity contribution in [1.29, 1.82) is 0 Å². The summed E-state index contributed by atoms with van der Waals surface area (Å²) in [6, 6.07) is 18.0. The van der Waals surface area contributed by atoms with Crippen molar-refractivity contribution in [3.63, 3.8) is 0 Å². The minimum atomic E-state index is -0.390. The summed E-state index contributed by atoms with van der Waals surface area (Å²) in [4.78, 5) is 30.6. The Hall–Kier alpha value is -3.67. The van der Waals surface area contributed by atoms with Crippen LogP contribution in [-0.2, 0) is 16.1 Å². The molecular weight excluding hydrogens is 380 g/mol. The largest absolute Gasteiger partial charge is 0.484 e. The van der Waals surface area contributed by atoms with Crippen LogP contribution >= 0.6 is 0 Å². The fourth-order valence-corrected chi connectivity index (χ4v) is 2.84. The summed E-state index contributed by atoms with van der Waals surface area (Å²) in [6.07, 6.45) is 3.37. The molecule has 0 fully saturated rings. The van der Waals surface area contributed by atoms with Gasteiger partial charge in [-0.15, -0.1) is 0 Å². The molecule has 3 aromatic rings. The number of anilines is 1. The lowest BCUT2D eigenvalue weighted by molar-refractivity contribution is -0.120. The van der Waals surface area contributed by atoms with Gasteiger partial charge >= 0.3 is 5.97 Å². The van der Waals surface area contributed by atoms with E-state index in [-0.39, 0.29) is 12.5 Å². The van der Waals surface area contributed by atoms with Gasteiger partial charge in [-0.05, 0) is 67.9 Å². The average Bonchev–Trinajstić information content (AvgIpc) is 2.78. The fourth-order valence-electron chi connectivity index (χ4n) is 2.84. The molecule has 1 aromatic heterocycles. The molecule has 0 radical (unpaired) electrons. The third kappa shape index (κ3) is 5.67. The molecule has 0 N–H and O–H groups in total. The fraction of sp³-hybridized carbons (Fsp3) is 0.208. The van der Waals surface area contributed by atoms with Crippen LogP contribution in [0.4, 0.5) is 5.69 Å². The van der Waals surface area contributed by atoms with Gasteiger partial charge in [0, 0.05) is 18.1 Å². The Kier molecular flexibility index (Phi) is 7.16. The molecule has 0 unspecified atom stereocenters. The maximum Gasteiger partial charge on any atom is 0.338 e.